The molecule has 146 valence electrons. The third kappa shape index (κ3) is 3.77. The molecule has 0 aliphatic carbocycles. The van der Waals surface area contributed by atoms with Gasteiger partial charge in [-0.25, -0.2) is 4.98 Å². The molecular weight excluding hydrogens is 354 g/mol. The Balaban J connectivity index is 1.55. The molecule has 3 heterocycles. The van der Waals surface area contributed by atoms with Crippen LogP contribution in [0.15, 0.2) is 41.9 Å². The van der Waals surface area contributed by atoms with Crippen LogP contribution in [-0.2, 0) is 4.74 Å². The van der Waals surface area contributed by atoms with Crippen LogP contribution in [0.1, 0.15) is 19.4 Å². The molecule has 1 aliphatic rings. The summed E-state index contributed by atoms with van der Waals surface area (Å²) in [6.07, 6.45) is 5.46. The van der Waals surface area contributed by atoms with Gasteiger partial charge in [0, 0.05) is 35.8 Å². The van der Waals surface area contributed by atoms with Crippen molar-refractivity contribution in [2.75, 3.05) is 38.2 Å². The number of aromatic nitrogens is 3. The normalized spacial score (nSPS) is 13.5. The number of fused-ring (bicyclic) bond motifs is 1. The van der Waals surface area contributed by atoms with Crippen LogP contribution in [0, 0.1) is 0 Å². The average molecular weight is 379 g/mol. The monoisotopic (exact) mass is 379 g/mol. The van der Waals surface area contributed by atoms with E-state index in [1.54, 1.807) is 12.4 Å². The maximum atomic E-state index is 5.53. The molecule has 4 rings (SSSR count). The molecule has 0 atom stereocenters. The topological polar surface area (TPSA) is 90.5 Å². The fourth-order valence-electron chi connectivity index (χ4n) is 3.30. The van der Waals surface area contributed by atoms with E-state index in [9.17, 15) is 0 Å². The Morgan fingerprint density at radius 3 is 2.89 bits per heavy atom. The molecule has 0 saturated carbocycles. The lowest BCUT2D eigenvalue weighted by atomic mass is 10.1. The minimum atomic E-state index is 0.397. The van der Waals surface area contributed by atoms with Gasteiger partial charge in [-0.05, 0) is 25.2 Å². The summed E-state index contributed by atoms with van der Waals surface area (Å²) in [5.41, 5.74) is 6.62. The summed E-state index contributed by atoms with van der Waals surface area (Å²) in [6.45, 7) is 8.66. The van der Waals surface area contributed by atoms with Crippen molar-refractivity contribution in [2.45, 2.75) is 13.8 Å². The molecule has 2 aromatic heterocycles. The van der Waals surface area contributed by atoms with E-state index < -0.39 is 0 Å². The lowest BCUT2D eigenvalue weighted by Gasteiger charge is -2.18. The summed E-state index contributed by atoms with van der Waals surface area (Å²) in [6, 6.07) is 6.18. The number of benzene rings is 1. The maximum absolute atomic E-state index is 5.53. The number of anilines is 1. The fourth-order valence-corrected chi connectivity index (χ4v) is 3.30. The van der Waals surface area contributed by atoms with E-state index in [4.69, 9.17) is 9.72 Å². The SMILES string of the molecule is CCN(CC)CCNc1cncc(-c2ccc3[nH]cc(C4=NNCO4)c3c2)n1. The van der Waals surface area contributed by atoms with Crippen LogP contribution in [0.4, 0.5) is 5.82 Å². The van der Waals surface area contributed by atoms with Crippen LogP contribution < -0.4 is 10.7 Å². The van der Waals surface area contributed by atoms with Gasteiger partial charge in [-0.1, -0.05) is 19.9 Å². The molecule has 1 aromatic carbocycles. The van der Waals surface area contributed by atoms with Crippen molar-refractivity contribution in [3.05, 3.63) is 42.4 Å². The van der Waals surface area contributed by atoms with Crippen molar-refractivity contribution in [3.8, 4) is 11.3 Å². The lowest BCUT2D eigenvalue weighted by Crippen LogP contribution is -2.28. The molecule has 28 heavy (non-hydrogen) atoms. The number of aromatic amines is 1. The molecule has 8 nitrogen and oxygen atoms in total. The van der Waals surface area contributed by atoms with Gasteiger partial charge in [-0.2, -0.15) is 0 Å². The predicted molar refractivity (Wildman–Crippen MR) is 111 cm³/mol. The Morgan fingerprint density at radius 1 is 1.21 bits per heavy atom. The van der Waals surface area contributed by atoms with Gasteiger partial charge in [0.1, 0.15) is 5.82 Å². The van der Waals surface area contributed by atoms with Crippen molar-refractivity contribution < 1.29 is 4.74 Å². The van der Waals surface area contributed by atoms with Crippen LogP contribution in [0.2, 0.25) is 0 Å². The molecule has 0 unspecified atom stereocenters. The first-order chi connectivity index (χ1) is 13.8. The Kier molecular flexibility index (Phi) is 5.38. The van der Waals surface area contributed by atoms with Crippen molar-refractivity contribution in [2.24, 2.45) is 5.10 Å². The summed E-state index contributed by atoms with van der Waals surface area (Å²) in [5.74, 6) is 1.38. The molecule has 0 radical (unpaired) electrons. The van der Waals surface area contributed by atoms with Gasteiger partial charge in [0.15, 0.2) is 6.73 Å². The van der Waals surface area contributed by atoms with Gasteiger partial charge in [0.05, 0.1) is 23.7 Å². The number of H-pyrrole nitrogens is 1. The fraction of sp³-hybridized carbons (Fsp3) is 0.350. The number of nitrogens with one attached hydrogen (secondary N) is 3. The smallest absolute Gasteiger partial charge is 0.241 e. The van der Waals surface area contributed by atoms with E-state index in [1.807, 2.05) is 18.3 Å². The molecule has 0 fully saturated rings. The molecular formula is C20H25N7O. The minimum Gasteiger partial charge on any atom is -0.453 e. The number of nitrogens with zero attached hydrogens (tertiary/aromatic N) is 4. The predicted octanol–water partition coefficient (Wildman–Crippen LogP) is 2.62. The molecule has 3 N–H and O–H groups in total. The van der Waals surface area contributed by atoms with Crippen molar-refractivity contribution in [1.82, 2.24) is 25.3 Å². The van der Waals surface area contributed by atoms with Crippen molar-refractivity contribution >= 4 is 22.6 Å². The number of hydrogen-bond donors (Lipinski definition) is 3. The van der Waals surface area contributed by atoms with Gasteiger partial charge in [0.2, 0.25) is 5.90 Å². The second-order valence-electron chi connectivity index (χ2n) is 6.57. The van der Waals surface area contributed by atoms with Gasteiger partial charge in [-0.15, -0.1) is 5.10 Å². The van der Waals surface area contributed by atoms with E-state index in [-0.39, 0.29) is 0 Å². The van der Waals surface area contributed by atoms with Gasteiger partial charge >= 0.3 is 0 Å². The first-order valence-electron chi connectivity index (χ1n) is 9.62. The van der Waals surface area contributed by atoms with Crippen LogP contribution in [0.25, 0.3) is 22.2 Å². The van der Waals surface area contributed by atoms with E-state index >= 15 is 0 Å². The molecule has 1 aliphatic heterocycles. The Bertz CT molecular complexity index is 978. The molecule has 3 aromatic rings. The number of ether oxygens (including phenoxy) is 1. The van der Waals surface area contributed by atoms with Crippen molar-refractivity contribution in [1.29, 1.82) is 0 Å². The summed E-state index contributed by atoms with van der Waals surface area (Å²) >= 11 is 0. The number of hydrazone groups is 1. The first-order valence-corrected chi connectivity index (χ1v) is 9.62. The van der Waals surface area contributed by atoms with Crippen LogP contribution in [0.5, 0.6) is 0 Å². The zero-order valence-electron chi connectivity index (χ0n) is 16.2. The van der Waals surface area contributed by atoms with E-state index in [2.05, 4.69) is 50.6 Å². The standard InChI is InChI=1S/C20H25N7O/c1-3-27(4-2)8-7-22-19-12-21-11-18(25-19)14-5-6-17-15(9-14)16(10-23-17)20-26-24-13-28-20/h5-6,9-12,23-24H,3-4,7-8,13H2,1-2H3,(H,22,25). The highest BCUT2D eigenvalue weighted by Crippen LogP contribution is 2.26. The highest BCUT2D eigenvalue weighted by atomic mass is 16.5. The molecule has 0 spiro atoms. The summed E-state index contributed by atoms with van der Waals surface area (Å²) in [5, 5.41) is 8.61. The third-order valence-electron chi connectivity index (χ3n) is 4.93. The highest BCUT2D eigenvalue weighted by molar-refractivity contribution is 6.07. The van der Waals surface area contributed by atoms with Crippen LogP contribution >= 0.6 is 0 Å². The van der Waals surface area contributed by atoms with Gasteiger partial charge < -0.3 is 19.9 Å². The Labute approximate surface area is 164 Å². The highest BCUT2D eigenvalue weighted by Gasteiger charge is 2.16. The second-order valence-corrected chi connectivity index (χ2v) is 6.57. The maximum Gasteiger partial charge on any atom is 0.241 e. The molecule has 0 amide bonds. The van der Waals surface area contributed by atoms with Gasteiger partial charge in [-0.3, -0.25) is 10.4 Å². The average Bonchev–Trinajstić information content (AvgIpc) is 3.40. The number of rotatable bonds is 8. The van der Waals surface area contributed by atoms with Gasteiger partial charge in [0.25, 0.3) is 0 Å². The number of hydrogen-bond acceptors (Lipinski definition) is 7. The Morgan fingerprint density at radius 2 is 2.11 bits per heavy atom. The minimum absolute atomic E-state index is 0.397. The summed E-state index contributed by atoms with van der Waals surface area (Å²) in [4.78, 5) is 14.7. The number of likely N-dealkylation sites (N-methyl/N-ethyl adjacent to an activating group) is 1. The lowest BCUT2D eigenvalue weighted by molar-refractivity contribution is 0.316. The quantitative estimate of drug-likeness (QED) is 0.557. The third-order valence-corrected chi connectivity index (χ3v) is 4.93. The van der Waals surface area contributed by atoms with Crippen LogP contribution in [0.3, 0.4) is 0 Å². The molecule has 0 bridgehead atoms. The summed E-state index contributed by atoms with van der Waals surface area (Å²) < 4.78 is 5.53. The molecule has 0 saturated heterocycles. The molecule has 8 heteroatoms. The van der Waals surface area contributed by atoms with E-state index in [0.29, 0.717) is 12.6 Å². The van der Waals surface area contributed by atoms with E-state index in [1.165, 1.54) is 0 Å². The van der Waals surface area contributed by atoms with Crippen molar-refractivity contribution in [3.63, 3.8) is 0 Å². The summed E-state index contributed by atoms with van der Waals surface area (Å²) in [7, 11) is 0. The first kappa shape index (κ1) is 18.2. The largest absolute Gasteiger partial charge is 0.453 e. The Hall–Kier alpha value is -3.13. The van der Waals surface area contributed by atoms with E-state index in [0.717, 1.165) is 59.7 Å². The zero-order chi connectivity index (χ0) is 19.3. The zero-order valence-corrected chi connectivity index (χ0v) is 16.2. The van der Waals surface area contributed by atoms with Crippen LogP contribution in [-0.4, -0.2) is 58.7 Å². The second kappa shape index (κ2) is 8.26.